The van der Waals surface area contributed by atoms with Gasteiger partial charge in [0.1, 0.15) is 10.8 Å². The zero-order chi connectivity index (χ0) is 20.2. The standard InChI is InChI=1S/C21H20N4O2S2/c1-2-3-5-10-17-24-25-19(22)16(20(26)23-21(25)29-17)13-14-11-12-18(27-14)28-15-8-6-4-7-9-15/h4,6-9,11-13,22H,2-3,5,10H2,1H3/b16-13-,22-19?. The first-order valence-electron chi connectivity index (χ1n) is 9.46. The van der Waals surface area contributed by atoms with Gasteiger partial charge in [-0.15, -0.1) is 0 Å². The number of hydrogen-bond acceptors (Lipinski definition) is 6. The molecule has 0 saturated heterocycles. The second-order valence-electron chi connectivity index (χ2n) is 6.54. The van der Waals surface area contributed by atoms with Crippen LogP contribution in [0.3, 0.4) is 0 Å². The zero-order valence-corrected chi connectivity index (χ0v) is 17.6. The summed E-state index contributed by atoms with van der Waals surface area (Å²) in [6.07, 6.45) is 5.72. The fourth-order valence-corrected chi connectivity index (χ4v) is 4.60. The van der Waals surface area contributed by atoms with Crippen LogP contribution in [0.15, 0.2) is 72.5 Å². The molecule has 2 aliphatic heterocycles. The zero-order valence-electron chi connectivity index (χ0n) is 15.9. The summed E-state index contributed by atoms with van der Waals surface area (Å²) in [6, 6.07) is 13.5. The third-order valence-electron chi connectivity index (χ3n) is 4.34. The van der Waals surface area contributed by atoms with E-state index in [2.05, 4.69) is 17.0 Å². The summed E-state index contributed by atoms with van der Waals surface area (Å²) in [5.41, 5.74) is 0.179. The molecule has 0 unspecified atom stereocenters. The molecule has 3 heterocycles. The fourth-order valence-electron chi connectivity index (χ4n) is 2.87. The number of thioether (sulfide) groups is 1. The Morgan fingerprint density at radius 1 is 1.21 bits per heavy atom. The first-order valence-corrected chi connectivity index (χ1v) is 11.1. The van der Waals surface area contributed by atoms with Crippen LogP contribution in [0.1, 0.15) is 38.4 Å². The molecule has 0 aliphatic carbocycles. The number of furan rings is 1. The van der Waals surface area contributed by atoms with Crippen molar-refractivity contribution >= 4 is 51.6 Å². The number of nitrogens with zero attached hydrogens (tertiary/aromatic N) is 3. The molecule has 0 atom stereocenters. The summed E-state index contributed by atoms with van der Waals surface area (Å²) >= 11 is 2.88. The number of benzene rings is 1. The van der Waals surface area contributed by atoms with Crippen molar-refractivity contribution in [2.24, 2.45) is 10.1 Å². The Labute approximate surface area is 177 Å². The molecule has 0 radical (unpaired) electrons. The molecule has 0 fully saturated rings. The van der Waals surface area contributed by atoms with Crippen LogP contribution in [0, 0.1) is 5.41 Å². The van der Waals surface area contributed by atoms with Crippen LogP contribution in [0.5, 0.6) is 0 Å². The van der Waals surface area contributed by atoms with E-state index in [9.17, 15) is 4.79 Å². The van der Waals surface area contributed by atoms with E-state index in [-0.39, 0.29) is 11.4 Å². The van der Waals surface area contributed by atoms with E-state index in [0.717, 1.165) is 40.7 Å². The highest BCUT2D eigenvalue weighted by Crippen LogP contribution is 2.32. The van der Waals surface area contributed by atoms with Crippen LogP contribution in [0.25, 0.3) is 6.08 Å². The molecule has 8 heteroatoms. The van der Waals surface area contributed by atoms with E-state index in [1.54, 1.807) is 12.1 Å². The summed E-state index contributed by atoms with van der Waals surface area (Å²) in [5.74, 6) is 0.105. The number of hydrazone groups is 1. The summed E-state index contributed by atoms with van der Waals surface area (Å²) in [4.78, 5) is 17.7. The normalized spacial score (nSPS) is 17.6. The van der Waals surface area contributed by atoms with E-state index < -0.39 is 5.91 Å². The largest absolute Gasteiger partial charge is 0.450 e. The quantitative estimate of drug-likeness (QED) is 0.460. The van der Waals surface area contributed by atoms with Gasteiger partial charge in [-0.3, -0.25) is 10.2 Å². The first-order chi connectivity index (χ1) is 14.1. The van der Waals surface area contributed by atoms with Gasteiger partial charge in [0.2, 0.25) is 5.17 Å². The number of rotatable bonds is 7. The van der Waals surface area contributed by atoms with Crippen LogP contribution >= 0.6 is 23.5 Å². The molecule has 1 N–H and O–H groups in total. The molecule has 1 aromatic carbocycles. The summed E-state index contributed by atoms with van der Waals surface area (Å²) in [5, 5.41) is 16.4. The van der Waals surface area contributed by atoms with Gasteiger partial charge in [-0.1, -0.05) is 49.7 Å². The van der Waals surface area contributed by atoms with E-state index in [1.807, 2.05) is 36.4 Å². The van der Waals surface area contributed by atoms with Crippen molar-refractivity contribution in [3.63, 3.8) is 0 Å². The molecule has 1 amide bonds. The molecule has 4 rings (SSSR count). The van der Waals surface area contributed by atoms with E-state index >= 15 is 0 Å². The van der Waals surface area contributed by atoms with Crippen LogP contribution in [-0.2, 0) is 4.79 Å². The number of carbonyl (C=O) groups is 1. The van der Waals surface area contributed by atoms with Crippen LogP contribution < -0.4 is 0 Å². The maximum absolute atomic E-state index is 12.5. The molecule has 6 nitrogen and oxygen atoms in total. The second kappa shape index (κ2) is 8.84. The van der Waals surface area contributed by atoms with Gasteiger partial charge in [-0.25, -0.2) is 0 Å². The van der Waals surface area contributed by atoms with Crippen molar-refractivity contribution in [1.82, 2.24) is 5.01 Å². The molecule has 0 bridgehead atoms. The third kappa shape index (κ3) is 4.54. The minimum absolute atomic E-state index is 0.0339. The van der Waals surface area contributed by atoms with E-state index in [4.69, 9.17) is 9.83 Å². The highest BCUT2D eigenvalue weighted by molar-refractivity contribution is 8.26. The van der Waals surface area contributed by atoms with Gasteiger partial charge in [0.25, 0.3) is 5.91 Å². The van der Waals surface area contributed by atoms with Gasteiger partial charge in [-0.2, -0.15) is 15.1 Å². The molecule has 0 spiro atoms. The number of unbranched alkanes of at least 4 members (excludes halogenated alkanes) is 2. The summed E-state index contributed by atoms with van der Waals surface area (Å²) in [6.45, 7) is 2.15. The van der Waals surface area contributed by atoms with Crippen LogP contribution in [-0.4, -0.2) is 27.0 Å². The van der Waals surface area contributed by atoms with Gasteiger partial charge < -0.3 is 4.42 Å². The number of carbonyl (C=O) groups excluding carboxylic acids is 1. The second-order valence-corrected chi connectivity index (χ2v) is 8.66. The Kier molecular flexibility index (Phi) is 6.01. The predicted octanol–water partition coefficient (Wildman–Crippen LogP) is 5.63. The number of amides is 1. The lowest BCUT2D eigenvalue weighted by molar-refractivity contribution is -0.114. The Hall–Kier alpha value is -2.58. The molecular formula is C21H20N4O2S2. The van der Waals surface area contributed by atoms with E-state index in [0.29, 0.717) is 10.9 Å². The monoisotopic (exact) mass is 424 g/mol. The number of nitrogens with one attached hydrogen (secondary N) is 1. The first kappa shape index (κ1) is 19.7. The fraction of sp³-hybridized carbons (Fsp3) is 0.238. The third-order valence-corrected chi connectivity index (χ3v) is 6.24. The predicted molar refractivity (Wildman–Crippen MR) is 118 cm³/mol. The smallest absolute Gasteiger partial charge is 0.283 e. The Bertz CT molecular complexity index is 1020. The van der Waals surface area contributed by atoms with Gasteiger partial charge in [-0.05, 0) is 54.9 Å². The molecular weight excluding hydrogens is 404 g/mol. The molecule has 2 aliphatic rings. The highest BCUT2D eigenvalue weighted by atomic mass is 32.2. The molecule has 1 aromatic heterocycles. The lowest BCUT2D eigenvalue weighted by Gasteiger charge is -2.19. The van der Waals surface area contributed by atoms with Crippen molar-refractivity contribution in [2.75, 3.05) is 0 Å². The molecule has 148 valence electrons. The lowest BCUT2D eigenvalue weighted by atomic mass is 10.1. The maximum atomic E-state index is 12.5. The van der Waals surface area contributed by atoms with Gasteiger partial charge in [0, 0.05) is 4.90 Å². The molecule has 0 saturated carbocycles. The van der Waals surface area contributed by atoms with Crippen molar-refractivity contribution in [1.29, 1.82) is 5.41 Å². The molecule has 2 aromatic rings. The summed E-state index contributed by atoms with van der Waals surface area (Å²) in [7, 11) is 0. The number of aliphatic imine (C=N–C) groups is 1. The topological polar surface area (TPSA) is 82.0 Å². The highest BCUT2D eigenvalue weighted by Gasteiger charge is 2.35. The number of hydrogen-bond donors (Lipinski definition) is 1. The average molecular weight is 425 g/mol. The average Bonchev–Trinajstić information content (AvgIpc) is 3.33. The van der Waals surface area contributed by atoms with Gasteiger partial charge >= 0.3 is 0 Å². The van der Waals surface area contributed by atoms with Crippen LogP contribution in [0.2, 0.25) is 0 Å². The van der Waals surface area contributed by atoms with Crippen molar-refractivity contribution in [3.05, 3.63) is 53.8 Å². The van der Waals surface area contributed by atoms with E-state index in [1.165, 1.54) is 28.5 Å². The lowest BCUT2D eigenvalue weighted by Crippen LogP contribution is -2.35. The van der Waals surface area contributed by atoms with Gasteiger partial charge in [0.05, 0.1) is 5.57 Å². The maximum Gasteiger partial charge on any atom is 0.283 e. The van der Waals surface area contributed by atoms with Crippen molar-refractivity contribution in [2.45, 2.75) is 42.6 Å². The van der Waals surface area contributed by atoms with Crippen LogP contribution in [0.4, 0.5) is 0 Å². The van der Waals surface area contributed by atoms with Crippen molar-refractivity contribution in [3.8, 4) is 0 Å². The SMILES string of the molecule is CCCCCC1=NN2C(=N)/C(=C/c3ccc(Sc4ccccc4)o3)C(=O)N=C2S1. The number of fused-ring (bicyclic) bond motifs is 1. The summed E-state index contributed by atoms with van der Waals surface area (Å²) < 4.78 is 5.81. The minimum atomic E-state index is -0.438. The Morgan fingerprint density at radius 3 is 2.83 bits per heavy atom. The molecule has 29 heavy (non-hydrogen) atoms. The Balaban J connectivity index is 1.50. The van der Waals surface area contributed by atoms with Crippen molar-refractivity contribution < 1.29 is 9.21 Å². The number of amidine groups is 2. The van der Waals surface area contributed by atoms with Gasteiger partial charge in [0.15, 0.2) is 10.9 Å². The minimum Gasteiger partial charge on any atom is -0.450 e. The Morgan fingerprint density at radius 2 is 2.03 bits per heavy atom.